The van der Waals surface area contributed by atoms with Crippen LogP contribution in [-0.2, 0) is 10.0 Å². The van der Waals surface area contributed by atoms with Crippen LogP contribution in [0.15, 0.2) is 65.1 Å². The largest absolute Gasteiger partial charge is 0.371 e. The molecule has 2 aromatic carbocycles. The van der Waals surface area contributed by atoms with E-state index in [1.807, 2.05) is 19.1 Å². The number of aryl methyl sites for hydroxylation is 1. The van der Waals surface area contributed by atoms with E-state index in [1.165, 1.54) is 36.1 Å². The first-order valence-corrected chi connectivity index (χ1v) is 12.5. The molecule has 0 heterocycles. The minimum absolute atomic E-state index is 0.0269. The second-order valence-corrected chi connectivity index (χ2v) is 10.4. The summed E-state index contributed by atoms with van der Waals surface area (Å²) in [5, 5.41) is 0. The fourth-order valence-corrected chi connectivity index (χ4v) is 5.94. The van der Waals surface area contributed by atoms with Gasteiger partial charge in [0, 0.05) is 24.8 Å². The normalized spacial score (nSPS) is 21.7. The molecule has 2 saturated carbocycles. The Morgan fingerprint density at radius 1 is 0.967 bits per heavy atom. The van der Waals surface area contributed by atoms with Crippen molar-refractivity contribution in [2.24, 2.45) is 0 Å². The lowest BCUT2D eigenvalue weighted by Crippen LogP contribution is -2.44. The number of nitrogens with zero attached hydrogens (tertiary/aromatic N) is 1. The molecule has 160 valence electrons. The van der Waals surface area contributed by atoms with Crippen molar-refractivity contribution in [3.8, 4) is 0 Å². The zero-order valence-corrected chi connectivity index (χ0v) is 18.8. The van der Waals surface area contributed by atoms with Crippen molar-refractivity contribution in [2.75, 3.05) is 7.05 Å². The Labute approximate surface area is 181 Å². The summed E-state index contributed by atoms with van der Waals surface area (Å²) in [6.45, 7) is 1.96. The van der Waals surface area contributed by atoms with Gasteiger partial charge in [0.25, 0.3) is 0 Å². The maximum Gasteiger partial charge on any atom is 0.240 e. The molecule has 4 nitrogen and oxygen atoms in total. The maximum absolute atomic E-state index is 12.9. The van der Waals surface area contributed by atoms with Crippen molar-refractivity contribution in [1.82, 2.24) is 9.62 Å². The molecule has 0 spiro atoms. The first-order chi connectivity index (χ1) is 14.4. The molecule has 5 heteroatoms. The molecule has 0 amide bonds. The molecule has 0 radical (unpaired) electrons. The molecule has 4 rings (SSSR count). The van der Waals surface area contributed by atoms with Crippen molar-refractivity contribution in [3.63, 3.8) is 0 Å². The maximum atomic E-state index is 12.9. The second-order valence-electron chi connectivity index (χ2n) is 8.73. The average molecular weight is 425 g/mol. The van der Waals surface area contributed by atoms with Gasteiger partial charge >= 0.3 is 0 Å². The topological polar surface area (TPSA) is 49.4 Å². The van der Waals surface area contributed by atoms with Crippen molar-refractivity contribution in [1.29, 1.82) is 0 Å². The minimum Gasteiger partial charge on any atom is -0.371 e. The average Bonchev–Trinajstić information content (AvgIpc) is 2.71. The number of allylic oxidation sites excluding steroid dienone is 1. The molecule has 0 aliphatic heterocycles. The van der Waals surface area contributed by atoms with Crippen molar-refractivity contribution in [3.05, 3.63) is 71.3 Å². The summed E-state index contributed by atoms with van der Waals surface area (Å²) >= 11 is 0. The van der Waals surface area contributed by atoms with Gasteiger partial charge in [-0.3, -0.25) is 0 Å². The van der Waals surface area contributed by atoms with Gasteiger partial charge in [-0.2, -0.15) is 0 Å². The third kappa shape index (κ3) is 4.62. The molecule has 30 heavy (non-hydrogen) atoms. The molecule has 0 saturated heterocycles. The minimum atomic E-state index is -3.49. The second kappa shape index (κ2) is 8.94. The molecule has 2 fully saturated rings. The van der Waals surface area contributed by atoms with Crippen molar-refractivity contribution in [2.45, 2.75) is 68.8 Å². The van der Waals surface area contributed by atoms with Crippen LogP contribution >= 0.6 is 0 Å². The van der Waals surface area contributed by atoms with Crippen LogP contribution in [-0.4, -0.2) is 32.4 Å². The van der Waals surface area contributed by atoms with Gasteiger partial charge in [-0.15, -0.1) is 0 Å². The standard InChI is InChI=1S/C25H32N2O2S/c1-19-14-16-24(17-15-19)30(28,29)26-22-12-7-13-23(18-22)27(2)25(21-10-6-11-21)20-8-4-3-5-9-20/h3-5,8-9,14-17,22-23,26H,6-7,10-13,18H2,1-2H3. The van der Waals surface area contributed by atoms with Crippen LogP contribution in [0, 0.1) is 6.92 Å². The highest BCUT2D eigenvalue weighted by Crippen LogP contribution is 2.38. The van der Waals surface area contributed by atoms with Crippen LogP contribution in [0.5, 0.6) is 0 Å². The molecule has 2 aromatic rings. The third-order valence-electron chi connectivity index (χ3n) is 6.54. The fourth-order valence-electron chi connectivity index (χ4n) is 4.65. The van der Waals surface area contributed by atoms with E-state index in [2.05, 4.69) is 47.0 Å². The number of nitrogens with one attached hydrogen (secondary N) is 1. The van der Waals surface area contributed by atoms with Gasteiger partial charge in [0.15, 0.2) is 0 Å². The van der Waals surface area contributed by atoms with Crippen LogP contribution in [0.4, 0.5) is 0 Å². The molecule has 2 atom stereocenters. The van der Waals surface area contributed by atoms with E-state index in [9.17, 15) is 8.42 Å². The molecule has 2 aliphatic carbocycles. The number of sulfonamides is 1. The van der Waals surface area contributed by atoms with E-state index in [1.54, 1.807) is 12.1 Å². The zero-order valence-electron chi connectivity index (χ0n) is 18.0. The highest BCUT2D eigenvalue weighted by molar-refractivity contribution is 7.89. The van der Waals surface area contributed by atoms with Gasteiger partial charge in [0.1, 0.15) is 0 Å². The lowest BCUT2D eigenvalue weighted by Gasteiger charge is -2.40. The van der Waals surface area contributed by atoms with E-state index in [0.717, 1.165) is 31.2 Å². The highest BCUT2D eigenvalue weighted by atomic mass is 32.2. The van der Waals surface area contributed by atoms with Crippen LogP contribution in [0.1, 0.15) is 56.1 Å². The van der Waals surface area contributed by atoms with Crippen LogP contribution < -0.4 is 4.72 Å². The number of benzene rings is 2. The summed E-state index contributed by atoms with van der Waals surface area (Å²) in [4.78, 5) is 2.78. The Kier molecular flexibility index (Phi) is 6.30. The van der Waals surface area contributed by atoms with Crippen LogP contribution in [0.25, 0.3) is 5.70 Å². The zero-order chi connectivity index (χ0) is 21.1. The molecule has 2 aliphatic rings. The molecule has 1 N–H and O–H groups in total. The summed E-state index contributed by atoms with van der Waals surface area (Å²) in [6.07, 6.45) is 7.48. The van der Waals surface area contributed by atoms with Crippen LogP contribution in [0.3, 0.4) is 0 Å². The summed E-state index contributed by atoms with van der Waals surface area (Å²) in [7, 11) is -1.30. The number of rotatable bonds is 6. The Bertz CT molecular complexity index is 991. The van der Waals surface area contributed by atoms with Gasteiger partial charge in [0.2, 0.25) is 10.0 Å². The molecular weight excluding hydrogens is 392 g/mol. The molecule has 0 bridgehead atoms. The first-order valence-electron chi connectivity index (χ1n) is 11.0. The van der Waals surface area contributed by atoms with Crippen molar-refractivity contribution >= 4 is 15.7 Å². The van der Waals surface area contributed by atoms with E-state index in [0.29, 0.717) is 10.9 Å². The summed E-state index contributed by atoms with van der Waals surface area (Å²) in [5.74, 6) is 0. The number of hydrogen-bond donors (Lipinski definition) is 1. The SMILES string of the molecule is Cc1ccc(S(=O)(=O)NC2CCCC(N(C)C(=C3CCC3)c3ccccc3)C2)cc1. The molecule has 0 aromatic heterocycles. The van der Waals surface area contributed by atoms with Gasteiger partial charge in [-0.1, -0.05) is 48.0 Å². The van der Waals surface area contributed by atoms with Gasteiger partial charge < -0.3 is 4.90 Å². The third-order valence-corrected chi connectivity index (χ3v) is 8.08. The highest BCUT2D eigenvalue weighted by Gasteiger charge is 2.31. The Hall–Kier alpha value is -2.11. The van der Waals surface area contributed by atoms with E-state index < -0.39 is 10.0 Å². The predicted molar refractivity (Wildman–Crippen MR) is 123 cm³/mol. The summed E-state index contributed by atoms with van der Waals surface area (Å²) < 4.78 is 28.7. The quantitative estimate of drug-likeness (QED) is 0.701. The van der Waals surface area contributed by atoms with Gasteiger partial charge in [0.05, 0.1) is 4.90 Å². The Balaban J connectivity index is 1.50. The monoisotopic (exact) mass is 424 g/mol. The Morgan fingerprint density at radius 2 is 1.67 bits per heavy atom. The van der Waals surface area contributed by atoms with Gasteiger partial charge in [-0.05, 0) is 75.1 Å². The van der Waals surface area contributed by atoms with Gasteiger partial charge in [-0.25, -0.2) is 13.1 Å². The lowest BCUT2D eigenvalue weighted by molar-refractivity contribution is 0.237. The summed E-state index contributed by atoms with van der Waals surface area (Å²) in [5.41, 5.74) is 5.22. The fraction of sp³-hybridized carbons (Fsp3) is 0.440. The first kappa shape index (κ1) is 21.1. The van der Waals surface area contributed by atoms with E-state index in [-0.39, 0.29) is 6.04 Å². The summed E-state index contributed by atoms with van der Waals surface area (Å²) in [6, 6.07) is 18.0. The Morgan fingerprint density at radius 3 is 2.30 bits per heavy atom. The smallest absolute Gasteiger partial charge is 0.240 e. The van der Waals surface area contributed by atoms with Crippen LogP contribution in [0.2, 0.25) is 0 Å². The number of hydrogen-bond acceptors (Lipinski definition) is 3. The molecular formula is C25H32N2O2S. The molecule has 2 unspecified atom stereocenters. The van der Waals surface area contributed by atoms with Crippen molar-refractivity contribution < 1.29 is 8.42 Å². The van der Waals surface area contributed by atoms with E-state index in [4.69, 9.17) is 0 Å². The lowest BCUT2D eigenvalue weighted by atomic mass is 9.85. The van der Waals surface area contributed by atoms with E-state index >= 15 is 0 Å². The predicted octanol–water partition coefficient (Wildman–Crippen LogP) is 5.11.